The molecule has 1 atom stereocenters. The van der Waals surface area contributed by atoms with Crippen molar-refractivity contribution in [1.82, 2.24) is 0 Å². The summed E-state index contributed by atoms with van der Waals surface area (Å²) in [6, 6.07) is 0. The second-order valence-corrected chi connectivity index (χ2v) is 2.41. The predicted molar refractivity (Wildman–Crippen MR) is 34.3 cm³/mol. The first-order valence-electron chi connectivity index (χ1n) is 2.92. The van der Waals surface area contributed by atoms with Crippen LogP contribution in [0.5, 0.6) is 0 Å². The molecule has 0 aliphatic heterocycles. The fourth-order valence-electron chi connectivity index (χ4n) is 0.439. The normalized spacial score (nSPS) is 16.0. The smallest absolute Gasteiger partial charge is 0.308 e. The molecule has 0 spiro atoms. The van der Waals surface area contributed by atoms with E-state index in [1.807, 2.05) is 0 Å². The average molecular weight is 148 g/mol. The van der Waals surface area contributed by atoms with Gasteiger partial charge < -0.3 is 14.9 Å². The van der Waals surface area contributed by atoms with Crippen LogP contribution < -0.4 is 0 Å². The Morgan fingerprint density at radius 2 is 2.20 bits per heavy atom. The lowest BCUT2D eigenvalue weighted by Crippen LogP contribution is -2.32. The maximum absolute atomic E-state index is 10.5. The summed E-state index contributed by atoms with van der Waals surface area (Å²) in [5.41, 5.74) is -1.35. The van der Waals surface area contributed by atoms with E-state index >= 15 is 0 Å². The molecule has 0 aromatic carbocycles. The summed E-state index contributed by atoms with van der Waals surface area (Å²) in [6.07, 6.45) is -0.181. The number of hydrogen-bond donors (Lipinski definition) is 2. The standard InChI is InChI=1S/C6H12O4/c1-6(9,4-7)3-5(8)10-2/h7,9H,3-4H2,1-2H3/t6-/m0/s1. The van der Waals surface area contributed by atoms with Crippen molar-refractivity contribution in [2.24, 2.45) is 0 Å². The van der Waals surface area contributed by atoms with Gasteiger partial charge in [0.15, 0.2) is 0 Å². The summed E-state index contributed by atoms with van der Waals surface area (Å²) in [4.78, 5) is 10.5. The third kappa shape index (κ3) is 3.42. The zero-order valence-corrected chi connectivity index (χ0v) is 6.13. The predicted octanol–water partition coefficient (Wildman–Crippen LogP) is -0.707. The first-order valence-corrected chi connectivity index (χ1v) is 2.92. The van der Waals surface area contributed by atoms with Crippen molar-refractivity contribution in [3.63, 3.8) is 0 Å². The van der Waals surface area contributed by atoms with Crippen LogP contribution in [-0.2, 0) is 9.53 Å². The molecule has 4 heteroatoms. The number of carbonyl (C=O) groups excluding carboxylic acids is 1. The van der Waals surface area contributed by atoms with Gasteiger partial charge in [-0.2, -0.15) is 0 Å². The van der Waals surface area contributed by atoms with Crippen LogP contribution in [0.25, 0.3) is 0 Å². The second kappa shape index (κ2) is 3.53. The van der Waals surface area contributed by atoms with Crippen LogP contribution in [0.2, 0.25) is 0 Å². The van der Waals surface area contributed by atoms with Gasteiger partial charge in [-0.05, 0) is 6.92 Å². The molecule has 0 saturated carbocycles. The summed E-state index contributed by atoms with van der Waals surface area (Å²) in [7, 11) is 1.23. The highest BCUT2D eigenvalue weighted by atomic mass is 16.5. The van der Waals surface area contributed by atoms with Gasteiger partial charge in [-0.15, -0.1) is 0 Å². The SMILES string of the molecule is COC(=O)C[C@](C)(O)CO. The van der Waals surface area contributed by atoms with Gasteiger partial charge >= 0.3 is 5.97 Å². The van der Waals surface area contributed by atoms with Crippen LogP contribution >= 0.6 is 0 Å². The van der Waals surface area contributed by atoms with Crippen LogP contribution in [0.4, 0.5) is 0 Å². The molecule has 0 radical (unpaired) electrons. The van der Waals surface area contributed by atoms with Gasteiger partial charge in [0.25, 0.3) is 0 Å². The Labute approximate surface area is 59.4 Å². The van der Waals surface area contributed by atoms with Crippen molar-refractivity contribution in [1.29, 1.82) is 0 Å². The average Bonchev–Trinajstić information content (AvgIpc) is 1.87. The summed E-state index contributed by atoms with van der Waals surface area (Å²) >= 11 is 0. The minimum absolute atomic E-state index is 0.181. The molecule has 0 saturated heterocycles. The summed E-state index contributed by atoms with van der Waals surface area (Å²) in [5.74, 6) is -0.529. The van der Waals surface area contributed by atoms with Crippen LogP contribution in [0.3, 0.4) is 0 Å². The highest BCUT2D eigenvalue weighted by Crippen LogP contribution is 2.07. The lowest BCUT2D eigenvalue weighted by molar-refractivity contribution is -0.147. The molecule has 0 aliphatic rings. The molecule has 0 aromatic heterocycles. The highest BCUT2D eigenvalue weighted by molar-refractivity contribution is 5.70. The molecular formula is C6H12O4. The molecule has 0 amide bonds. The van der Waals surface area contributed by atoms with Gasteiger partial charge in [0.1, 0.15) is 0 Å². The summed E-state index contributed by atoms with van der Waals surface area (Å²) < 4.78 is 4.28. The Hall–Kier alpha value is -0.610. The Morgan fingerprint density at radius 1 is 1.70 bits per heavy atom. The lowest BCUT2D eigenvalue weighted by atomic mass is 10.0. The number of carbonyl (C=O) groups is 1. The monoisotopic (exact) mass is 148 g/mol. The fourth-order valence-corrected chi connectivity index (χ4v) is 0.439. The molecule has 0 bridgehead atoms. The quantitative estimate of drug-likeness (QED) is 0.519. The van der Waals surface area contributed by atoms with Gasteiger partial charge in [-0.25, -0.2) is 0 Å². The third-order valence-electron chi connectivity index (χ3n) is 1.09. The van der Waals surface area contributed by atoms with Crippen molar-refractivity contribution in [2.45, 2.75) is 18.9 Å². The Morgan fingerprint density at radius 3 is 2.50 bits per heavy atom. The molecule has 0 unspecified atom stereocenters. The Balaban J connectivity index is 3.76. The number of esters is 1. The Kier molecular flexibility index (Phi) is 3.32. The van der Waals surface area contributed by atoms with Crippen LogP contribution in [-0.4, -0.2) is 35.5 Å². The number of ether oxygens (including phenoxy) is 1. The molecule has 0 fully saturated rings. The molecule has 4 nitrogen and oxygen atoms in total. The zero-order chi connectivity index (χ0) is 8.20. The summed E-state index contributed by atoms with van der Waals surface area (Å²) in [5, 5.41) is 17.6. The molecule has 0 rings (SSSR count). The van der Waals surface area contributed by atoms with E-state index in [0.29, 0.717) is 0 Å². The maximum atomic E-state index is 10.5. The largest absolute Gasteiger partial charge is 0.469 e. The van der Waals surface area contributed by atoms with Crippen LogP contribution in [0.1, 0.15) is 13.3 Å². The van der Waals surface area contributed by atoms with E-state index in [0.717, 1.165) is 0 Å². The van der Waals surface area contributed by atoms with Gasteiger partial charge in [-0.3, -0.25) is 4.79 Å². The highest BCUT2D eigenvalue weighted by Gasteiger charge is 2.23. The van der Waals surface area contributed by atoms with Crippen LogP contribution in [0.15, 0.2) is 0 Å². The molecular weight excluding hydrogens is 136 g/mol. The number of methoxy groups -OCH3 is 1. The fraction of sp³-hybridized carbons (Fsp3) is 0.833. The van der Waals surface area contributed by atoms with E-state index in [1.165, 1.54) is 14.0 Å². The van der Waals surface area contributed by atoms with Gasteiger partial charge in [0.05, 0.1) is 25.7 Å². The molecule has 10 heavy (non-hydrogen) atoms. The van der Waals surface area contributed by atoms with Gasteiger partial charge in [0.2, 0.25) is 0 Å². The number of hydrogen-bond acceptors (Lipinski definition) is 4. The number of rotatable bonds is 3. The number of aliphatic hydroxyl groups is 2. The van der Waals surface area contributed by atoms with E-state index in [9.17, 15) is 4.79 Å². The van der Waals surface area contributed by atoms with E-state index in [1.54, 1.807) is 0 Å². The van der Waals surface area contributed by atoms with Crippen molar-refractivity contribution >= 4 is 5.97 Å². The van der Waals surface area contributed by atoms with Crippen molar-refractivity contribution in [3.8, 4) is 0 Å². The molecule has 60 valence electrons. The molecule has 0 aromatic rings. The van der Waals surface area contributed by atoms with Crippen molar-refractivity contribution in [3.05, 3.63) is 0 Å². The second-order valence-electron chi connectivity index (χ2n) is 2.41. The van der Waals surface area contributed by atoms with Crippen molar-refractivity contribution < 1.29 is 19.7 Å². The number of aliphatic hydroxyl groups excluding tert-OH is 1. The topological polar surface area (TPSA) is 66.8 Å². The lowest BCUT2D eigenvalue weighted by Gasteiger charge is -2.17. The van der Waals surface area contributed by atoms with Crippen molar-refractivity contribution in [2.75, 3.05) is 13.7 Å². The van der Waals surface area contributed by atoms with Gasteiger partial charge in [0, 0.05) is 0 Å². The van der Waals surface area contributed by atoms with E-state index in [2.05, 4.69) is 4.74 Å². The van der Waals surface area contributed by atoms with Gasteiger partial charge in [-0.1, -0.05) is 0 Å². The molecule has 2 N–H and O–H groups in total. The Bertz CT molecular complexity index is 119. The van der Waals surface area contributed by atoms with E-state index < -0.39 is 18.2 Å². The summed E-state index contributed by atoms with van der Waals surface area (Å²) in [6.45, 7) is 0.923. The molecule has 0 heterocycles. The minimum atomic E-state index is -1.35. The third-order valence-corrected chi connectivity index (χ3v) is 1.09. The maximum Gasteiger partial charge on any atom is 0.308 e. The zero-order valence-electron chi connectivity index (χ0n) is 6.13. The first kappa shape index (κ1) is 9.39. The van der Waals surface area contributed by atoms with Crippen LogP contribution in [0, 0.1) is 0 Å². The van der Waals surface area contributed by atoms with E-state index in [4.69, 9.17) is 10.2 Å². The molecule has 0 aliphatic carbocycles. The first-order chi connectivity index (χ1) is 4.52. The minimum Gasteiger partial charge on any atom is -0.469 e. The van der Waals surface area contributed by atoms with E-state index in [-0.39, 0.29) is 6.42 Å².